The zero-order valence-electron chi connectivity index (χ0n) is 14.7. The molecule has 0 radical (unpaired) electrons. The fourth-order valence-electron chi connectivity index (χ4n) is 2.50. The van der Waals surface area contributed by atoms with Crippen LogP contribution in [0.1, 0.15) is 10.4 Å². The van der Waals surface area contributed by atoms with E-state index >= 15 is 0 Å². The van der Waals surface area contributed by atoms with Gasteiger partial charge in [-0.1, -0.05) is 36.4 Å². The van der Waals surface area contributed by atoms with E-state index in [2.05, 4.69) is 10.1 Å². The van der Waals surface area contributed by atoms with Crippen molar-refractivity contribution in [2.75, 3.05) is 12.1 Å². The molecule has 0 aliphatic rings. The summed E-state index contributed by atoms with van der Waals surface area (Å²) in [4.78, 5) is 12.8. The molecule has 0 heterocycles. The summed E-state index contributed by atoms with van der Waals surface area (Å²) in [6, 6.07) is 24.6. The Hall–Kier alpha value is -3.16. The van der Waals surface area contributed by atoms with E-state index in [0.29, 0.717) is 5.56 Å². The number of rotatable bonds is 6. The predicted octanol–water partition coefficient (Wildman–Crippen LogP) is 3.08. The quantitative estimate of drug-likeness (QED) is 0.643. The first-order valence-corrected chi connectivity index (χ1v) is 9.74. The Morgan fingerprint density at radius 2 is 1.26 bits per heavy atom. The number of nitrogens with one attached hydrogen (secondary N) is 2. The molecule has 0 aliphatic heterocycles. The normalized spacial score (nSPS) is 11.0. The maximum atomic E-state index is 12.7. The lowest BCUT2D eigenvalue weighted by Crippen LogP contribution is -2.38. The van der Waals surface area contributed by atoms with E-state index < -0.39 is 10.0 Å². The van der Waals surface area contributed by atoms with Crippen LogP contribution in [0.15, 0.2) is 89.8 Å². The first-order valence-electron chi connectivity index (χ1n) is 8.26. The van der Waals surface area contributed by atoms with Crippen LogP contribution in [0.3, 0.4) is 0 Å². The van der Waals surface area contributed by atoms with Gasteiger partial charge < -0.3 is 0 Å². The second-order valence-corrected chi connectivity index (χ2v) is 7.57. The fourth-order valence-corrected chi connectivity index (χ4v) is 3.23. The predicted molar refractivity (Wildman–Crippen MR) is 105 cm³/mol. The maximum Gasteiger partial charge on any atom is 0.270 e. The lowest BCUT2D eigenvalue weighted by Gasteiger charge is -2.25. The van der Waals surface area contributed by atoms with E-state index in [4.69, 9.17) is 0 Å². The van der Waals surface area contributed by atoms with Crippen molar-refractivity contribution in [2.45, 2.75) is 4.90 Å². The molecule has 27 heavy (non-hydrogen) atoms. The molecular formula is C20H19N3O3S. The van der Waals surface area contributed by atoms with E-state index in [0.717, 1.165) is 11.4 Å². The number of hydrogen-bond acceptors (Lipinski definition) is 4. The number of sulfonamides is 1. The van der Waals surface area contributed by atoms with Crippen LogP contribution in [0.4, 0.5) is 11.4 Å². The lowest BCUT2D eigenvalue weighted by molar-refractivity contribution is 0.0953. The van der Waals surface area contributed by atoms with Crippen LogP contribution in [0, 0.1) is 0 Å². The Bertz CT molecular complexity index is 966. The third kappa shape index (κ3) is 4.33. The molecule has 7 heteroatoms. The van der Waals surface area contributed by atoms with Crippen LogP contribution in [-0.4, -0.2) is 21.4 Å². The Balaban J connectivity index is 1.87. The minimum Gasteiger partial charge on any atom is -0.267 e. The highest BCUT2D eigenvalue weighted by molar-refractivity contribution is 7.89. The topological polar surface area (TPSA) is 78.5 Å². The maximum absolute atomic E-state index is 12.7. The summed E-state index contributed by atoms with van der Waals surface area (Å²) in [5.74, 6) is -0.351. The molecule has 0 aliphatic carbocycles. The molecule has 0 saturated carbocycles. The molecule has 0 aromatic heterocycles. The molecule has 2 N–H and O–H groups in total. The molecule has 0 spiro atoms. The summed E-state index contributed by atoms with van der Waals surface area (Å²) in [5.41, 5.74) is 4.81. The van der Waals surface area contributed by atoms with Gasteiger partial charge in [-0.3, -0.25) is 15.2 Å². The minimum absolute atomic E-state index is 0.101. The molecule has 3 aromatic rings. The number of hydrogen-bond donors (Lipinski definition) is 2. The van der Waals surface area contributed by atoms with Gasteiger partial charge in [0.25, 0.3) is 5.91 Å². The van der Waals surface area contributed by atoms with E-state index in [1.807, 2.05) is 60.7 Å². The zero-order chi connectivity index (χ0) is 19.3. The highest BCUT2D eigenvalue weighted by Gasteiger charge is 2.16. The van der Waals surface area contributed by atoms with Crippen molar-refractivity contribution in [1.29, 1.82) is 0 Å². The van der Waals surface area contributed by atoms with Gasteiger partial charge in [0, 0.05) is 5.56 Å². The highest BCUT2D eigenvalue weighted by atomic mass is 32.2. The Labute approximate surface area is 158 Å². The van der Waals surface area contributed by atoms with E-state index in [9.17, 15) is 13.2 Å². The summed E-state index contributed by atoms with van der Waals surface area (Å²) < 4.78 is 25.9. The van der Waals surface area contributed by atoms with Gasteiger partial charge >= 0.3 is 0 Å². The van der Waals surface area contributed by atoms with Crippen LogP contribution in [0.2, 0.25) is 0 Å². The SMILES string of the molecule is CNS(=O)(=O)c1ccc(C(=O)NN(c2ccccc2)c2ccccc2)cc1. The van der Waals surface area contributed by atoms with Crippen molar-refractivity contribution in [3.05, 3.63) is 90.5 Å². The Morgan fingerprint density at radius 1 is 0.778 bits per heavy atom. The molecule has 6 nitrogen and oxygen atoms in total. The van der Waals surface area contributed by atoms with Gasteiger partial charge in [-0.05, 0) is 55.6 Å². The monoisotopic (exact) mass is 381 g/mol. The van der Waals surface area contributed by atoms with Crippen LogP contribution < -0.4 is 15.2 Å². The van der Waals surface area contributed by atoms with Crippen molar-refractivity contribution >= 4 is 27.3 Å². The van der Waals surface area contributed by atoms with Gasteiger partial charge in [-0.15, -0.1) is 0 Å². The standard InChI is InChI=1S/C20H19N3O3S/c1-21-27(25,26)19-14-12-16(13-15-19)20(24)22-23(17-8-4-2-5-9-17)18-10-6-3-7-11-18/h2-15,21H,1H3,(H,22,24). The molecular weight excluding hydrogens is 362 g/mol. The van der Waals surface area contributed by atoms with Crippen LogP contribution in [0.5, 0.6) is 0 Å². The molecule has 0 fully saturated rings. The number of anilines is 2. The molecule has 0 bridgehead atoms. The highest BCUT2D eigenvalue weighted by Crippen LogP contribution is 2.23. The molecule has 0 atom stereocenters. The van der Waals surface area contributed by atoms with Crippen LogP contribution >= 0.6 is 0 Å². The number of carbonyl (C=O) groups excluding carboxylic acids is 1. The average molecular weight is 381 g/mol. The van der Waals surface area contributed by atoms with Crippen molar-refractivity contribution in [1.82, 2.24) is 10.1 Å². The summed E-state index contributed by atoms with van der Waals surface area (Å²) in [7, 11) is -2.20. The van der Waals surface area contributed by atoms with Gasteiger partial charge in [0.15, 0.2) is 0 Å². The smallest absolute Gasteiger partial charge is 0.267 e. The van der Waals surface area contributed by atoms with Crippen molar-refractivity contribution < 1.29 is 13.2 Å². The molecule has 0 saturated heterocycles. The molecule has 3 rings (SSSR count). The Morgan fingerprint density at radius 3 is 1.70 bits per heavy atom. The fraction of sp³-hybridized carbons (Fsp3) is 0.0500. The third-order valence-corrected chi connectivity index (χ3v) is 5.37. The van der Waals surface area contributed by atoms with E-state index in [1.165, 1.54) is 31.3 Å². The van der Waals surface area contributed by atoms with Crippen molar-refractivity contribution in [2.24, 2.45) is 0 Å². The number of carbonyl (C=O) groups is 1. The van der Waals surface area contributed by atoms with Gasteiger partial charge in [-0.25, -0.2) is 13.1 Å². The number of amides is 1. The van der Waals surface area contributed by atoms with Crippen molar-refractivity contribution in [3.8, 4) is 0 Å². The molecule has 3 aromatic carbocycles. The van der Waals surface area contributed by atoms with Gasteiger partial charge in [0.2, 0.25) is 10.0 Å². The molecule has 0 unspecified atom stereocenters. The second kappa shape index (κ2) is 8.03. The first-order chi connectivity index (χ1) is 13.0. The zero-order valence-corrected chi connectivity index (χ0v) is 15.5. The second-order valence-electron chi connectivity index (χ2n) is 5.68. The van der Waals surface area contributed by atoms with Crippen molar-refractivity contribution in [3.63, 3.8) is 0 Å². The first kappa shape index (κ1) is 18.6. The summed E-state index contributed by atoms with van der Waals surface area (Å²) >= 11 is 0. The minimum atomic E-state index is -3.54. The Kier molecular flexibility index (Phi) is 5.54. The number of hydrazine groups is 1. The number of nitrogens with zero attached hydrogens (tertiary/aromatic N) is 1. The van der Waals surface area contributed by atoms with E-state index in [-0.39, 0.29) is 10.8 Å². The largest absolute Gasteiger partial charge is 0.270 e. The average Bonchev–Trinajstić information content (AvgIpc) is 2.73. The van der Waals surface area contributed by atoms with Gasteiger partial charge in [0.05, 0.1) is 16.3 Å². The molecule has 138 valence electrons. The summed E-state index contributed by atoms with van der Waals surface area (Å²) in [5, 5.41) is 1.68. The van der Waals surface area contributed by atoms with Crippen LogP contribution in [-0.2, 0) is 10.0 Å². The van der Waals surface area contributed by atoms with Gasteiger partial charge in [-0.2, -0.15) is 0 Å². The summed E-state index contributed by atoms with van der Waals surface area (Å²) in [6.07, 6.45) is 0. The van der Waals surface area contributed by atoms with Gasteiger partial charge in [0.1, 0.15) is 0 Å². The summed E-state index contributed by atoms with van der Waals surface area (Å²) in [6.45, 7) is 0. The van der Waals surface area contributed by atoms with E-state index in [1.54, 1.807) is 5.01 Å². The lowest BCUT2D eigenvalue weighted by atomic mass is 10.2. The third-order valence-electron chi connectivity index (χ3n) is 3.94. The number of benzene rings is 3. The molecule has 1 amide bonds. The number of para-hydroxylation sites is 2. The van der Waals surface area contributed by atoms with Crippen LogP contribution in [0.25, 0.3) is 0 Å².